The van der Waals surface area contributed by atoms with Crippen molar-refractivity contribution in [1.29, 1.82) is 0 Å². The first kappa shape index (κ1) is 18.6. The van der Waals surface area contributed by atoms with Crippen LogP contribution in [-0.2, 0) is 11.0 Å². The Morgan fingerprint density at radius 2 is 2.00 bits per heavy atom. The largest absolute Gasteiger partial charge is 0.492 e. The number of carbonyl (C=O) groups excluding carboxylic acids is 1. The van der Waals surface area contributed by atoms with E-state index >= 15 is 0 Å². The molecule has 1 aliphatic carbocycles. The number of ether oxygens (including phenoxy) is 1. The molecule has 1 aromatic rings. The van der Waals surface area contributed by atoms with Crippen molar-refractivity contribution >= 4 is 5.91 Å². The fourth-order valence-electron chi connectivity index (χ4n) is 3.00. The molecule has 0 saturated heterocycles. The third kappa shape index (κ3) is 4.87. The van der Waals surface area contributed by atoms with Crippen LogP contribution in [0.15, 0.2) is 24.3 Å². The SMILES string of the molecule is CC1(N)CCCCC1C(=O)NCCOc1ccc(C(F)(F)F)cc1. The van der Waals surface area contributed by atoms with Crippen LogP contribution in [0.2, 0.25) is 0 Å². The molecule has 7 heteroatoms. The number of halogens is 3. The van der Waals surface area contributed by atoms with Crippen molar-refractivity contribution in [1.82, 2.24) is 5.32 Å². The molecule has 1 aliphatic rings. The van der Waals surface area contributed by atoms with Gasteiger partial charge in [-0.1, -0.05) is 12.8 Å². The van der Waals surface area contributed by atoms with Crippen LogP contribution in [0, 0.1) is 5.92 Å². The summed E-state index contributed by atoms with van der Waals surface area (Å²) in [6, 6.07) is 4.47. The minimum Gasteiger partial charge on any atom is -0.492 e. The van der Waals surface area contributed by atoms with Crippen molar-refractivity contribution in [3.8, 4) is 5.75 Å². The summed E-state index contributed by atoms with van der Waals surface area (Å²) in [7, 11) is 0. The van der Waals surface area contributed by atoms with Crippen molar-refractivity contribution in [3.63, 3.8) is 0 Å². The van der Waals surface area contributed by atoms with Crippen LogP contribution in [-0.4, -0.2) is 24.6 Å². The highest BCUT2D eigenvalue weighted by Gasteiger charge is 2.37. The molecule has 4 nitrogen and oxygen atoms in total. The zero-order valence-electron chi connectivity index (χ0n) is 13.7. The average Bonchev–Trinajstić information content (AvgIpc) is 2.50. The second-order valence-corrected chi connectivity index (χ2v) is 6.47. The van der Waals surface area contributed by atoms with E-state index in [2.05, 4.69) is 5.32 Å². The summed E-state index contributed by atoms with van der Waals surface area (Å²) in [6.45, 7) is 2.37. The van der Waals surface area contributed by atoms with Crippen LogP contribution in [0.25, 0.3) is 0 Å². The van der Waals surface area contributed by atoms with Crippen LogP contribution in [0.4, 0.5) is 13.2 Å². The summed E-state index contributed by atoms with van der Waals surface area (Å²) < 4.78 is 42.7. The summed E-state index contributed by atoms with van der Waals surface area (Å²) in [4.78, 5) is 12.2. The van der Waals surface area contributed by atoms with E-state index in [0.29, 0.717) is 5.75 Å². The summed E-state index contributed by atoms with van der Waals surface area (Å²) in [5.74, 6) is 0.0339. The fraction of sp³-hybridized carbons (Fsp3) is 0.588. The zero-order valence-corrected chi connectivity index (χ0v) is 13.7. The molecule has 1 fully saturated rings. The van der Waals surface area contributed by atoms with E-state index in [4.69, 9.17) is 10.5 Å². The first-order valence-electron chi connectivity index (χ1n) is 8.07. The van der Waals surface area contributed by atoms with E-state index < -0.39 is 17.3 Å². The maximum atomic E-state index is 12.5. The molecule has 2 unspecified atom stereocenters. The molecular formula is C17H23F3N2O2. The second kappa shape index (κ2) is 7.42. The Balaban J connectivity index is 1.75. The molecule has 24 heavy (non-hydrogen) atoms. The van der Waals surface area contributed by atoms with Crippen molar-refractivity contribution in [2.45, 2.75) is 44.3 Å². The Morgan fingerprint density at radius 1 is 1.33 bits per heavy atom. The molecule has 1 amide bonds. The smallest absolute Gasteiger partial charge is 0.416 e. The number of nitrogens with one attached hydrogen (secondary N) is 1. The van der Waals surface area contributed by atoms with Gasteiger partial charge in [-0.15, -0.1) is 0 Å². The standard InChI is InChI=1S/C17H23F3N2O2/c1-16(21)9-3-2-4-14(16)15(23)22-10-11-24-13-7-5-12(6-8-13)17(18,19)20/h5-8,14H,2-4,9-11,21H2,1H3,(H,22,23). The lowest BCUT2D eigenvalue weighted by atomic mass is 9.74. The molecule has 0 heterocycles. The molecule has 0 radical (unpaired) electrons. The predicted molar refractivity (Wildman–Crippen MR) is 84.5 cm³/mol. The minimum absolute atomic E-state index is 0.0873. The van der Waals surface area contributed by atoms with Crippen LogP contribution < -0.4 is 15.8 Å². The third-order valence-corrected chi connectivity index (χ3v) is 4.42. The van der Waals surface area contributed by atoms with Gasteiger partial charge in [0.15, 0.2) is 0 Å². The van der Waals surface area contributed by atoms with Gasteiger partial charge in [0.25, 0.3) is 0 Å². The summed E-state index contributed by atoms with van der Waals surface area (Å²) in [5.41, 5.74) is 4.97. The van der Waals surface area contributed by atoms with Crippen LogP contribution >= 0.6 is 0 Å². The van der Waals surface area contributed by atoms with Gasteiger partial charge in [-0.05, 0) is 44.0 Å². The highest BCUT2D eigenvalue weighted by molar-refractivity contribution is 5.80. The Hall–Kier alpha value is -1.76. The summed E-state index contributed by atoms with van der Waals surface area (Å²) in [6.07, 6.45) is -0.728. The topological polar surface area (TPSA) is 64.4 Å². The lowest BCUT2D eigenvalue weighted by molar-refractivity contribution is -0.137. The average molecular weight is 344 g/mol. The quantitative estimate of drug-likeness (QED) is 0.807. The van der Waals surface area contributed by atoms with E-state index in [1.807, 2.05) is 6.92 Å². The van der Waals surface area contributed by atoms with Crippen molar-refractivity contribution in [3.05, 3.63) is 29.8 Å². The lowest BCUT2D eigenvalue weighted by Gasteiger charge is -2.37. The van der Waals surface area contributed by atoms with Gasteiger partial charge in [0.1, 0.15) is 12.4 Å². The van der Waals surface area contributed by atoms with Gasteiger partial charge in [-0.2, -0.15) is 13.2 Å². The fourth-order valence-corrected chi connectivity index (χ4v) is 3.00. The zero-order chi connectivity index (χ0) is 17.8. The Kier molecular flexibility index (Phi) is 5.74. The highest BCUT2D eigenvalue weighted by atomic mass is 19.4. The molecule has 2 rings (SSSR count). The monoisotopic (exact) mass is 344 g/mol. The Labute approximate surface area is 139 Å². The molecule has 134 valence electrons. The van der Waals surface area contributed by atoms with E-state index in [9.17, 15) is 18.0 Å². The molecule has 2 atom stereocenters. The maximum absolute atomic E-state index is 12.5. The van der Waals surface area contributed by atoms with Gasteiger partial charge in [-0.3, -0.25) is 4.79 Å². The molecule has 0 aliphatic heterocycles. The minimum atomic E-state index is -4.36. The Morgan fingerprint density at radius 3 is 2.58 bits per heavy atom. The molecule has 0 spiro atoms. The first-order valence-corrected chi connectivity index (χ1v) is 8.07. The normalized spacial score (nSPS) is 24.5. The maximum Gasteiger partial charge on any atom is 0.416 e. The van der Waals surface area contributed by atoms with Gasteiger partial charge in [0.05, 0.1) is 18.0 Å². The number of rotatable bonds is 5. The van der Waals surface area contributed by atoms with Crippen LogP contribution in [0.1, 0.15) is 38.2 Å². The number of hydrogen-bond donors (Lipinski definition) is 2. The number of alkyl halides is 3. The van der Waals surface area contributed by atoms with Crippen molar-refractivity contribution in [2.75, 3.05) is 13.2 Å². The van der Waals surface area contributed by atoms with Gasteiger partial charge in [0, 0.05) is 5.54 Å². The van der Waals surface area contributed by atoms with E-state index in [-0.39, 0.29) is 25.0 Å². The van der Waals surface area contributed by atoms with E-state index in [1.54, 1.807) is 0 Å². The molecular weight excluding hydrogens is 321 g/mol. The number of benzene rings is 1. The number of carbonyl (C=O) groups is 1. The second-order valence-electron chi connectivity index (χ2n) is 6.47. The molecule has 1 aromatic carbocycles. The third-order valence-electron chi connectivity index (χ3n) is 4.42. The molecule has 1 saturated carbocycles. The molecule has 3 N–H and O–H groups in total. The van der Waals surface area contributed by atoms with Gasteiger partial charge in [0.2, 0.25) is 5.91 Å². The Bertz CT molecular complexity index is 556. The van der Waals surface area contributed by atoms with Crippen LogP contribution in [0.5, 0.6) is 5.75 Å². The van der Waals surface area contributed by atoms with Crippen molar-refractivity contribution in [2.24, 2.45) is 11.7 Å². The summed E-state index contributed by atoms with van der Waals surface area (Å²) in [5, 5.41) is 2.79. The van der Waals surface area contributed by atoms with Gasteiger partial charge < -0.3 is 15.8 Å². The first-order chi connectivity index (χ1) is 11.2. The summed E-state index contributed by atoms with van der Waals surface area (Å²) >= 11 is 0. The molecule has 0 aromatic heterocycles. The van der Waals surface area contributed by atoms with Crippen LogP contribution in [0.3, 0.4) is 0 Å². The van der Waals surface area contributed by atoms with Gasteiger partial charge >= 0.3 is 6.18 Å². The number of nitrogens with two attached hydrogens (primary N) is 1. The lowest BCUT2D eigenvalue weighted by Crippen LogP contribution is -2.53. The van der Waals surface area contributed by atoms with E-state index in [1.165, 1.54) is 12.1 Å². The number of hydrogen-bond acceptors (Lipinski definition) is 3. The molecule has 0 bridgehead atoms. The number of amides is 1. The van der Waals surface area contributed by atoms with Gasteiger partial charge in [-0.25, -0.2) is 0 Å². The highest BCUT2D eigenvalue weighted by Crippen LogP contribution is 2.32. The van der Waals surface area contributed by atoms with E-state index in [0.717, 1.165) is 37.8 Å². The predicted octanol–water partition coefficient (Wildman–Crippen LogP) is 3.11. The van der Waals surface area contributed by atoms with Crippen molar-refractivity contribution < 1.29 is 22.7 Å².